The molecule has 0 unspecified atom stereocenters. The van der Waals surface area contributed by atoms with Crippen LogP contribution in [0.4, 0.5) is 0 Å². The zero-order valence-electron chi connectivity index (χ0n) is 17.0. The van der Waals surface area contributed by atoms with Gasteiger partial charge in [-0.3, -0.25) is 14.6 Å². The molecular formula is C22H28BrN3O3. The van der Waals surface area contributed by atoms with Crippen LogP contribution in [0.5, 0.6) is 11.5 Å². The van der Waals surface area contributed by atoms with E-state index in [1.165, 1.54) is 5.56 Å². The number of piperazine rings is 1. The quantitative estimate of drug-likeness (QED) is 0.654. The summed E-state index contributed by atoms with van der Waals surface area (Å²) >= 11 is 3.42. The Morgan fingerprint density at radius 1 is 1.00 bits per heavy atom. The van der Waals surface area contributed by atoms with Crippen LogP contribution in [-0.4, -0.2) is 69.2 Å². The molecule has 0 spiro atoms. The van der Waals surface area contributed by atoms with Gasteiger partial charge in [-0.25, -0.2) is 0 Å². The molecule has 1 N–H and O–H groups in total. The van der Waals surface area contributed by atoms with E-state index in [1.807, 2.05) is 0 Å². The molecule has 3 rings (SSSR count). The fourth-order valence-corrected chi connectivity index (χ4v) is 4.00. The molecule has 6 nitrogen and oxygen atoms in total. The van der Waals surface area contributed by atoms with E-state index in [1.54, 1.807) is 26.4 Å². The van der Waals surface area contributed by atoms with Gasteiger partial charge in [-0.05, 0) is 33.6 Å². The molecule has 1 aliphatic heterocycles. The molecule has 0 aromatic heterocycles. The third-order valence-electron chi connectivity index (χ3n) is 5.14. The molecule has 0 bridgehead atoms. The number of rotatable bonds is 8. The van der Waals surface area contributed by atoms with Crippen LogP contribution in [0.1, 0.15) is 15.9 Å². The SMILES string of the molecule is COc1cc(C(=O)NCCN2CCN(Cc3ccccc3)CC2)cc(OC)c1Br. The van der Waals surface area contributed by atoms with Crippen molar-refractivity contribution < 1.29 is 14.3 Å². The summed E-state index contributed by atoms with van der Waals surface area (Å²) in [5.74, 6) is 1.02. The van der Waals surface area contributed by atoms with Gasteiger partial charge in [0, 0.05) is 51.4 Å². The molecule has 0 radical (unpaired) electrons. The van der Waals surface area contributed by atoms with Crippen molar-refractivity contribution in [2.75, 3.05) is 53.5 Å². The summed E-state index contributed by atoms with van der Waals surface area (Å²) in [5, 5.41) is 3.00. The van der Waals surface area contributed by atoms with E-state index in [9.17, 15) is 4.79 Å². The maximum Gasteiger partial charge on any atom is 0.251 e. The van der Waals surface area contributed by atoms with E-state index in [2.05, 4.69) is 61.4 Å². The fourth-order valence-electron chi connectivity index (χ4n) is 3.44. The van der Waals surface area contributed by atoms with Gasteiger partial charge in [0.2, 0.25) is 0 Å². The van der Waals surface area contributed by atoms with E-state index in [-0.39, 0.29) is 5.91 Å². The maximum absolute atomic E-state index is 12.5. The van der Waals surface area contributed by atoms with Crippen molar-refractivity contribution in [3.8, 4) is 11.5 Å². The van der Waals surface area contributed by atoms with E-state index < -0.39 is 0 Å². The van der Waals surface area contributed by atoms with Crippen molar-refractivity contribution in [1.29, 1.82) is 0 Å². The lowest BCUT2D eigenvalue weighted by molar-refractivity contribution is 0.0933. The molecular weight excluding hydrogens is 434 g/mol. The minimum Gasteiger partial charge on any atom is -0.495 e. The summed E-state index contributed by atoms with van der Waals surface area (Å²) in [6.07, 6.45) is 0. The second-order valence-electron chi connectivity index (χ2n) is 7.05. The molecule has 0 atom stereocenters. The Balaban J connectivity index is 1.43. The van der Waals surface area contributed by atoms with E-state index in [0.717, 1.165) is 39.3 Å². The van der Waals surface area contributed by atoms with E-state index in [0.29, 0.717) is 28.1 Å². The highest BCUT2D eigenvalue weighted by Gasteiger charge is 2.18. The Hall–Kier alpha value is -2.09. The predicted molar refractivity (Wildman–Crippen MR) is 118 cm³/mol. The number of carbonyl (C=O) groups is 1. The number of carbonyl (C=O) groups excluding carboxylic acids is 1. The Morgan fingerprint density at radius 2 is 1.59 bits per heavy atom. The normalized spacial score (nSPS) is 15.1. The van der Waals surface area contributed by atoms with Gasteiger partial charge in [0.25, 0.3) is 5.91 Å². The number of halogens is 1. The van der Waals surface area contributed by atoms with Gasteiger partial charge in [-0.2, -0.15) is 0 Å². The second kappa shape index (κ2) is 10.6. The molecule has 29 heavy (non-hydrogen) atoms. The highest BCUT2D eigenvalue weighted by Crippen LogP contribution is 2.35. The number of amides is 1. The summed E-state index contributed by atoms with van der Waals surface area (Å²) in [6, 6.07) is 14.0. The van der Waals surface area contributed by atoms with Crippen molar-refractivity contribution in [3.05, 3.63) is 58.1 Å². The van der Waals surface area contributed by atoms with Crippen LogP contribution in [0.2, 0.25) is 0 Å². The first-order valence-electron chi connectivity index (χ1n) is 9.79. The number of methoxy groups -OCH3 is 2. The van der Waals surface area contributed by atoms with E-state index in [4.69, 9.17) is 9.47 Å². The molecule has 2 aromatic carbocycles. The molecule has 156 valence electrons. The Kier molecular flexibility index (Phi) is 7.91. The largest absolute Gasteiger partial charge is 0.495 e. The lowest BCUT2D eigenvalue weighted by Gasteiger charge is -2.34. The summed E-state index contributed by atoms with van der Waals surface area (Å²) < 4.78 is 11.3. The lowest BCUT2D eigenvalue weighted by Crippen LogP contribution is -2.48. The van der Waals surface area contributed by atoms with Crippen molar-refractivity contribution in [3.63, 3.8) is 0 Å². The Bertz CT molecular complexity index is 783. The monoisotopic (exact) mass is 461 g/mol. The molecule has 7 heteroatoms. The number of nitrogens with one attached hydrogen (secondary N) is 1. The van der Waals surface area contributed by atoms with Crippen molar-refractivity contribution in [2.24, 2.45) is 0 Å². The predicted octanol–water partition coefficient (Wildman–Crippen LogP) is 3.01. The Morgan fingerprint density at radius 3 is 2.17 bits per heavy atom. The van der Waals surface area contributed by atoms with Crippen molar-refractivity contribution in [2.45, 2.75) is 6.54 Å². The standard InChI is InChI=1S/C22H28BrN3O3/c1-28-19-14-18(15-20(29-2)21(19)23)22(27)24-8-9-25-10-12-26(13-11-25)16-17-6-4-3-5-7-17/h3-7,14-15H,8-13,16H2,1-2H3,(H,24,27). The van der Waals surface area contributed by atoms with Crippen LogP contribution >= 0.6 is 15.9 Å². The van der Waals surface area contributed by atoms with Gasteiger partial charge in [-0.15, -0.1) is 0 Å². The third kappa shape index (κ3) is 5.95. The highest BCUT2D eigenvalue weighted by molar-refractivity contribution is 9.10. The van der Waals surface area contributed by atoms with Crippen LogP contribution in [0.15, 0.2) is 46.9 Å². The van der Waals surface area contributed by atoms with Crippen LogP contribution in [-0.2, 0) is 6.54 Å². The number of hydrogen-bond donors (Lipinski definition) is 1. The first kappa shape index (κ1) is 21.6. The molecule has 1 amide bonds. The number of benzene rings is 2. The van der Waals surface area contributed by atoms with Crippen molar-refractivity contribution in [1.82, 2.24) is 15.1 Å². The van der Waals surface area contributed by atoms with Gasteiger partial charge < -0.3 is 14.8 Å². The number of nitrogens with zero attached hydrogens (tertiary/aromatic N) is 2. The number of hydrogen-bond acceptors (Lipinski definition) is 5. The first-order valence-corrected chi connectivity index (χ1v) is 10.6. The maximum atomic E-state index is 12.5. The zero-order valence-corrected chi connectivity index (χ0v) is 18.6. The molecule has 1 aliphatic rings. The average molecular weight is 462 g/mol. The molecule has 1 heterocycles. The second-order valence-corrected chi connectivity index (χ2v) is 7.85. The summed E-state index contributed by atoms with van der Waals surface area (Å²) in [4.78, 5) is 17.4. The molecule has 1 fully saturated rings. The minimum atomic E-state index is -0.128. The first-order chi connectivity index (χ1) is 14.1. The van der Waals surface area contributed by atoms with Crippen LogP contribution < -0.4 is 14.8 Å². The topological polar surface area (TPSA) is 54.0 Å². The van der Waals surface area contributed by atoms with Gasteiger partial charge in [0.1, 0.15) is 16.0 Å². The average Bonchev–Trinajstić information content (AvgIpc) is 2.75. The van der Waals surface area contributed by atoms with Crippen LogP contribution in [0, 0.1) is 0 Å². The smallest absolute Gasteiger partial charge is 0.251 e. The zero-order chi connectivity index (χ0) is 20.6. The lowest BCUT2D eigenvalue weighted by atomic mass is 10.2. The summed E-state index contributed by atoms with van der Waals surface area (Å²) in [7, 11) is 3.14. The molecule has 2 aromatic rings. The van der Waals surface area contributed by atoms with Gasteiger partial charge in [0.05, 0.1) is 14.2 Å². The third-order valence-corrected chi connectivity index (χ3v) is 5.92. The highest BCUT2D eigenvalue weighted by atomic mass is 79.9. The van der Waals surface area contributed by atoms with E-state index >= 15 is 0 Å². The Labute approximate surface area is 180 Å². The minimum absolute atomic E-state index is 0.128. The molecule has 0 aliphatic carbocycles. The van der Waals surface area contributed by atoms with Gasteiger partial charge in [0.15, 0.2) is 0 Å². The molecule has 1 saturated heterocycles. The van der Waals surface area contributed by atoms with Crippen molar-refractivity contribution >= 4 is 21.8 Å². The summed E-state index contributed by atoms with van der Waals surface area (Å²) in [6.45, 7) is 6.58. The van der Waals surface area contributed by atoms with Gasteiger partial charge >= 0.3 is 0 Å². The fraction of sp³-hybridized carbons (Fsp3) is 0.409. The van der Waals surface area contributed by atoms with Crippen LogP contribution in [0.25, 0.3) is 0 Å². The molecule has 0 saturated carbocycles. The van der Waals surface area contributed by atoms with Crippen LogP contribution in [0.3, 0.4) is 0 Å². The van der Waals surface area contributed by atoms with Gasteiger partial charge in [-0.1, -0.05) is 30.3 Å². The summed E-state index contributed by atoms with van der Waals surface area (Å²) in [5.41, 5.74) is 1.88. The number of ether oxygens (including phenoxy) is 2.